The summed E-state index contributed by atoms with van der Waals surface area (Å²) in [5.41, 5.74) is 3.00. The van der Waals surface area contributed by atoms with Crippen LogP contribution in [0.15, 0.2) is 101 Å². The standard InChI is InChI=1S/C21H22N4O4S.C14H16N4O2/c26-21(23-13-17-8-4-10-22-12-17)19-20(29-15-24-19)18-9-5-11-25(18)30(27,28)14-16-6-2-1-3-7-16;19-14(17-8-10-3-1-5-15-7-10)12-13(20-9-18-12)11-4-2-6-16-11/h1-4,6-8,10,12,15,18H,5,9,11,13-14H2,(H,23,26);1,3,5,7,9,11,16H,2,4,6,8H2,(H,17,19)/t18-;11-/m00/s1. The van der Waals surface area contributed by atoms with Crippen LogP contribution in [0.2, 0.25) is 0 Å². The van der Waals surface area contributed by atoms with Crippen molar-refractivity contribution < 1.29 is 26.8 Å². The summed E-state index contributed by atoms with van der Waals surface area (Å²) in [5.74, 6) is 0.196. The number of amides is 2. The van der Waals surface area contributed by atoms with Crippen LogP contribution in [0.25, 0.3) is 0 Å². The van der Waals surface area contributed by atoms with Gasteiger partial charge in [-0.25, -0.2) is 18.4 Å². The van der Waals surface area contributed by atoms with Gasteiger partial charge in [-0.15, -0.1) is 0 Å². The van der Waals surface area contributed by atoms with E-state index in [9.17, 15) is 18.0 Å². The number of hydrogen-bond donors (Lipinski definition) is 3. The average molecular weight is 699 g/mol. The predicted octanol–water partition coefficient (Wildman–Crippen LogP) is 4.09. The van der Waals surface area contributed by atoms with Crippen molar-refractivity contribution in [1.82, 2.24) is 40.2 Å². The van der Waals surface area contributed by atoms with Crippen LogP contribution in [0.5, 0.6) is 0 Å². The number of aromatic nitrogens is 4. The summed E-state index contributed by atoms with van der Waals surface area (Å²) in [7, 11) is -3.58. The van der Waals surface area contributed by atoms with Crippen molar-refractivity contribution >= 4 is 21.8 Å². The van der Waals surface area contributed by atoms with Crippen molar-refractivity contribution in [3.05, 3.63) is 132 Å². The third kappa shape index (κ3) is 8.66. The Balaban J connectivity index is 0.000000187. The van der Waals surface area contributed by atoms with Gasteiger partial charge in [-0.05, 0) is 61.1 Å². The molecule has 2 aliphatic rings. The quantitative estimate of drug-likeness (QED) is 0.180. The first kappa shape index (κ1) is 34.6. The molecule has 0 radical (unpaired) electrons. The number of oxazole rings is 2. The maximum Gasteiger partial charge on any atom is 0.273 e. The molecular formula is C35H38N8O6S. The number of sulfonamides is 1. The zero-order valence-electron chi connectivity index (χ0n) is 27.3. The first-order chi connectivity index (χ1) is 24.4. The van der Waals surface area contributed by atoms with E-state index in [-0.39, 0.29) is 29.2 Å². The molecule has 0 saturated carbocycles. The van der Waals surface area contributed by atoms with Gasteiger partial charge in [-0.3, -0.25) is 19.6 Å². The number of carbonyl (C=O) groups excluding carboxylic acids is 2. The minimum Gasteiger partial charge on any atom is -0.446 e. The predicted molar refractivity (Wildman–Crippen MR) is 182 cm³/mol. The largest absolute Gasteiger partial charge is 0.446 e. The Morgan fingerprint density at radius 1 is 0.780 bits per heavy atom. The number of rotatable bonds is 11. The minimum atomic E-state index is -3.58. The maximum absolute atomic E-state index is 13.1. The Morgan fingerprint density at radius 2 is 1.38 bits per heavy atom. The van der Waals surface area contributed by atoms with Crippen LogP contribution in [-0.4, -0.2) is 57.6 Å². The van der Waals surface area contributed by atoms with Crippen molar-refractivity contribution in [2.75, 3.05) is 13.1 Å². The summed E-state index contributed by atoms with van der Waals surface area (Å²) >= 11 is 0. The average Bonchev–Trinajstić information content (AvgIpc) is 3.98. The van der Waals surface area contributed by atoms with Crippen molar-refractivity contribution in [3.8, 4) is 0 Å². The molecule has 5 aromatic rings. The van der Waals surface area contributed by atoms with E-state index in [2.05, 4.69) is 35.9 Å². The van der Waals surface area contributed by atoms with E-state index in [1.807, 2.05) is 36.4 Å². The second-order valence-electron chi connectivity index (χ2n) is 11.9. The van der Waals surface area contributed by atoms with Gasteiger partial charge in [0.05, 0.1) is 17.8 Å². The monoisotopic (exact) mass is 698 g/mol. The molecule has 2 fully saturated rings. The van der Waals surface area contributed by atoms with E-state index in [4.69, 9.17) is 8.83 Å². The fourth-order valence-electron chi connectivity index (χ4n) is 5.98. The highest BCUT2D eigenvalue weighted by atomic mass is 32.2. The Hall–Kier alpha value is -5.25. The molecule has 14 nitrogen and oxygen atoms in total. The Bertz CT molecular complexity index is 1950. The van der Waals surface area contributed by atoms with Gasteiger partial charge < -0.3 is 24.8 Å². The van der Waals surface area contributed by atoms with E-state index < -0.39 is 22.0 Å². The maximum atomic E-state index is 13.1. The summed E-state index contributed by atoms with van der Waals surface area (Å²) in [6.45, 7) is 2.05. The SMILES string of the molecule is O=C(NCc1cccnc1)c1ncoc1[C@@H]1CCCN1.O=C(NCc1cccnc1)c1ncoc1[C@@H]1CCCN1S(=O)(=O)Cc1ccccc1. The summed E-state index contributed by atoms with van der Waals surface area (Å²) in [6.07, 6.45) is 12.6. The second-order valence-corrected chi connectivity index (χ2v) is 13.8. The molecule has 2 saturated heterocycles. The molecule has 0 spiro atoms. The van der Waals surface area contributed by atoms with Crippen LogP contribution in [0, 0.1) is 0 Å². The highest BCUT2D eigenvalue weighted by Gasteiger charge is 2.39. The number of nitrogens with zero attached hydrogens (tertiary/aromatic N) is 5. The van der Waals surface area contributed by atoms with E-state index in [0.29, 0.717) is 43.9 Å². The Labute approximate surface area is 289 Å². The van der Waals surface area contributed by atoms with Gasteiger partial charge in [0, 0.05) is 44.4 Å². The fourth-order valence-corrected chi connectivity index (χ4v) is 7.76. The lowest BCUT2D eigenvalue weighted by Gasteiger charge is -2.23. The van der Waals surface area contributed by atoms with E-state index in [1.54, 1.807) is 43.0 Å². The normalized spacial score (nSPS) is 17.5. The van der Waals surface area contributed by atoms with Gasteiger partial charge in [0.2, 0.25) is 10.0 Å². The van der Waals surface area contributed by atoms with Crippen LogP contribution in [0.4, 0.5) is 0 Å². The summed E-state index contributed by atoms with van der Waals surface area (Å²) < 4.78 is 38.4. The molecule has 0 bridgehead atoms. The number of hydrogen-bond acceptors (Lipinski definition) is 11. The molecule has 2 amide bonds. The van der Waals surface area contributed by atoms with Crippen molar-refractivity contribution in [2.24, 2.45) is 0 Å². The number of benzene rings is 1. The van der Waals surface area contributed by atoms with Crippen molar-refractivity contribution in [3.63, 3.8) is 0 Å². The van der Waals surface area contributed by atoms with Gasteiger partial charge >= 0.3 is 0 Å². The van der Waals surface area contributed by atoms with Gasteiger partial charge in [-0.1, -0.05) is 42.5 Å². The molecular weight excluding hydrogens is 661 g/mol. The topological polar surface area (TPSA) is 185 Å². The van der Waals surface area contributed by atoms with Crippen LogP contribution in [0.3, 0.4) is 0 Å². The van der Waals surface area contributed by atoms with Crippen LogP contribution in [-0.2, 0) is 28.9 Å². The van der Waals surface area contributed by atoms with E-state index >= 15 is 0 Å². The molecule has 6 heterocycles. The van der Waals surface area contributed by atoms with Gasteiger partial charge in [-0.2, -0.15) is 4.31 Å². The molecule has 4 aromatic heterocycles. The lowest BCUT2D eigenvalue weighted by atomic mass is 10.1. The van der Waals surface area contributed by atoms with Crippen molar-refractivity contribution in [2.45, 2.75) is 56.6 Å². The van der Waals surface area contributed by atoms with Gasteiger partial charge in [0.25, 0.3) is 11.8 Å². The minimum absolute atomic E-state index is 0.0941. The van der Waals surface area contributed by atoms with E-state index in [1.165, 1.54) is 17.1 Å². The third-order valence-electron chi connectivity index (χ3n) is 8.40. The molecule has 50 heavy (non-hydrogen) atoms. The summed E-state index contributed by atoms with van der Waals surface area (Å²) in [4.78, 5) is 41.0. The molecule has 2 atom stereocenters. The van der Waals surface area contributed by atoms with Gasteiger partial charge in [0.1, 0.15) is 0 Å². The lowest BCUT2D eigenvalue weighted by Crippen LogP contribution is -2.33. The molecule has 1 aromatic carbocycles. The molecule has 260 valence electrons. The van der Waals surface area contributed by atoms with Crippen LogP contribution < -0.4 is 16.0 Å². The number of carbonyl (C=O) groups is 2. The second kappa shape index (κ2) is 16.4. The molecule has 7 rings (SSSR count). The Kier molecular flexibility index (Phi) is 11.4. The smallest absolute Gasteiger partial charge is 0.273 e. The number of nitrogens with one attached hydrogen (secondary N) is 3. The Morgan fingerprint density at radius 3 is 1.96 bits per heavy atom. The lowest BCUT2D eigenvalue weighted by molar-refractivity contribution is 0.0935. The first-order valence-corrected chi connectivity index (χ1v) is 18.0. The first-order valence-electron chi connectivity index (χ1n) is 16.4. The summed E-state index contributed by atoms with van der Waals surface area (Å²) in [6, 6.07) is 16.0. The van der Waals surface area contributed by atoms with Crippen LogP contribution in [0.1, 0.15) is 87.0 Å². The molecule has 15 heteroatoms. The fraction of sp³-hybridized carbons (Fsp3) is 0.314. The zero-order chi connectivity index (χ0) is 34.8. The molecule has 3 N–H and O–H groups in total. The summed E-state index contributed by atoms with van der Waals surface area (Å²) in [5, 5.41) is 8.93. The highest BCUT2D eigenvalue weighted by molar-refractivity contribution is 7.88. The molecule has 0 aliphatic carbocycles. The van der Waals surface area contributed by atoms with Gasteiger partial charge in [0.15, 0.2) is 35.7 Å². The van der Waals surface area contributed by atoms with E-state index in [0.717, 1.165) is 36.1 Å². The number of pyridine rings is 2. The molecule has 2 aliphatic heterocycles. The zero-order valence-corrected chi connectivity index (χ0v) is 28.1. The van der Waals surface area contributed by atoms with Crippen molar-refractivity contribution in [1.29, 1.82) is 0 Å². The third-order valence-corrected chi connectivity index (χ3v) is 10.3. The van der Waals surface area contributed by atoms with Crippen LogP contribution >= 0.6 is 0 Å². The molecule has 0 unspecified atom stereocenters. The highest BCUT2D eigenvalue weighted by Crippen LogP contribution is 2.36.